The van der Waals surface area contributed by atoms with Gasteiger partial charge in [0.15, 0.2) is 0 Å². The molecule has 5 aromatic rings. The van der Waals surface area contributed by atoms with Crippen molar-refractivity contribution in [1.82, 2.24) is 4.57 Å². The van der Waals surface area contributed by atoms with Gasteiger partial charge in [0, 0.05) is 21.0 Å². The molecule has 220 valence electrons. The van der Waals surface area contributed by atoms with E-state index in [4.69, 9.17) is 23.2 Å². The van der Waals surface area contributed by atoms with Crippen LogP contribution in [-0.2, 0) is 20.9 Å². The van der Waals surface area contributed by atoms with Crippen molar-refractivity contribution in [3.05, 3.63) is 120 Å². The number of thiazole rings is 1. The summed E-state index contributed by atoms with van der Waals surface area (Å²) in [7, 11) is 0. The number of carbonyl (C=O) groups is 3. The van der Waals surface area contributed by atoms with Gasteiger partial charge in [-0.25, -0.2) is 4.90 Å². The molecule has 3 amide bonds. The van der Waals surface area contributed by atoms with Gasteiger partial charge in [-0.05, 0) is 58.8 Å². The fourth-order valence-corrected chi connectivity index (χ4v) is 9.26. The topological polar surface area (TPSA) is 88.5 Å². The maximum absolute atomic E-state index is 14.1. The number of hydrogen-bond acceptors (Lipinski definition) is 6. The van der Waals surface area contributed by atoms with Crippen LogP contribution in [0.1, 0.15) is 16.4 Å². The van der Waals surface area contributed by atoms with Crippen LogP contribution in [0.5, 0.6) is 0 Å². The molecule has 1 N–H and O–H groups in total. The molecule has 44 heavy (non-hydrogen) atoms. The van der Waals surface area contributed by atoms with Crippen LogP contribution in [0.15, 0.2) is 99.2 Å². The van der Waals surface area contributed by atoms with E-state index < -0.39 is 28.9 Å². The lowest BCUT2D eigenvalue weighted by molar-refractivity contribution is -0.122. The second-order valence-corrected chi connectivity index (χ2v) is 14.2. The SMILES string of the molecule is O=C(Cn1c2c(sc1=O)[C@H](c1cccc(Cl)c1Cl)C1C(=O)N(c3ccc(Br)cc3)C(=O)C1S2)Nc1ccc2ccccc2c1. The van der Waals surface area contributed by atoms with Crippen molar-refractivity contribution in [2.24, 2.45) is 5.92 Å². The third-order valence-electron chi connectivity index (χ3n) is 7.79. The minimum absolute atomic E-state index is 0.250. The van der Waals surface area contributed by atoms with Crippen molar-refractivity contribution >= 4 is 102 Å². The van der Waals surface area contributed by atoms with Crippen LogP contribution in [0.2, 0.25) is 10.0 Å². The summed E-state index contributed by atoms with van der Waals surface area (Å²) >= 11 is 18.6. The van der Waals surface area contributed by atoms with Crippen LogP contribution in [0, 0.1) is 5.92 Å². The number of benzene rings is 4. The van der Waals surface area contributed by atoms with E-state index in [9.17, 15) is 19.2 Å². The Hall–Kier alpha value is -3.41. The number of halogens is 3. The summed E-state index contributed by atoms with van der Waals surface area (Å²) in [5, 5.41) is 5.06. The summed E-state index contributed by atoms with van der Waals surface area (Å²) in [6.45, 7) is -0.267. The molecule has 0 radical (unpaired) electrons. The average molecular weight is 725 g/mol. The number of amides is 3. The number of nitrogens with zero attached hydrogens (tertiary/aromatic N) is 2. The smallest absolute Gasteiger partial charge is 0.308 e. The van der Waals surface area contributed by atoms with E-state index >= 15 is 0 Å². The van der Waals surface area contributed by atoms with Crippen LogP contribution in [-0.4, -0.2) is 27.5 Å². The summed E-state index contributed by atoms with van der Waals surface area (Å²) in [5.74, 6) is -2.73. The molecule has 3 heterocycles. The summed E-state index contributed by atoms with van der Waals surface area (Å²) in [6.07, 6.45) is 0. The highest BCUT2D eigenvalue weighted by atomic mass is 79.9. The molecule has 2 aliphatic rings. The third kappa shape index (κ3) is 4.98. The maximum atomic E-state index is 14.1. The Morgan fingerprint density at radius 2 is 1.64 bits per heavy atom. The van der Waals surface area contributed by atoms with Crippen LogP contribution in [0.4, 0.5) is 11.4 Å². The fraction of sp³-hybridized carbons (Fsp3) is 0.125. The van der Waals surface area contributed by atoms with Crippen LogP contribution < -0.4 is 15.1 Å². The van der Waals surface area contributed by atoms with Gasteiger partial charge < -0.3 is 5.32 Å². The minimum atomic E-state index is -0.845. The van der Waals surface area contributed by atoms with Gasteiger partial charge in [0.25, 0.3) is 0 Å². The van der Waals surface area contributed by atoms with Crippen LogP contribution in [0.25, 0.3) is 10.8 Å². The predicted octanol–water partition coefficient (Wildman–Crippen LogP) is 7.57. The molecular formula is C32H20BrCl2N3O4S2. The molecule has 2 aliphatic heterocycles. The number of fused-ring (bicyclic) bond motifs is 3. The van der Waals surface area contributed by atoms with Gasteiger partial charge >= 0.3 is 4.87 Å². The van der Waals surface area contributed by atoms with E-state index in [1.54, 1.807) is 42.5 Å². The highest BCUT2D eigenvalue weighted by Gasteiger charge is 2.57. The Balaban J connectivity index is 1.28. The molecular weight excluding hydrogens is 705 g/mol. The standard InChI is InChI=1S/C32H20BrCl2N3O4S2/c33-18-9-12-20(13-10-18)38-29(40)25-24(21-6-3-7-22(34)26(21)35)28-31(43-27(25)30(38)41)37(32(42)44-28)15-23(39)36-19-11-8-16-4-1-2-5-17(16)14-19/h1-14,24-25,27H,15H2,(H,36,39)/t24-,25?,27?/m1/s1. The van der Waals surface area contributed by atoms with Crippen molar-refractivity contribution in [1.29, 1.82) is 0 Å². The van der Waals surface area contributed by atoms with Crippen LogP contribution in [0.3, 0.4) is 0 Å². The molecule has 0 saturated carbocycles. The maximum Gasteiger partial charge on any atom is 0.308 e. The number of nitrogens with one attached hydrogen (secondary N) is 1. The highest BCUT2D eigenvalue weighted by Crippen LogP contribution is 2.55. The Bertz CT molecular complexity index is 2060. The molecule has 3 atom stereocenters. The first-order chi connectivity index (χ1) is 21.2. The lowest BCUT2D eigenvalue weighted by Crippen LogP contribution is -2.33. The molecule has 12 heteroatoms. The average Bonchev–Trinajstić information content (AvgIpc) is 3.45. The Labute approximate surface area is 277 Å². The van der Waals surface area contributed by atoms with Crippen molar-refractivity contribution < 1.29 is 14.4 Å². The van der Waals surface area contributed by atoms with Gasteiger partial charge in [0.1, 0.15) is 11.8 Å². The monoisotopic (exact) mass is 723 g/mol. The summed E-state index contributed by atoms with van der Waals surface area (Å²) in [6, 6.07) is 25.5. The number of anilines is 2. The van der Waals surface area contributed by atoms with Crippen LogP contribution >= 0.6 is 62.2 Å². The number of carbonyl (C=O) groups excluding carboxylic acids is 3. The van der Waals surface area contributed by atoms with E-state index in [0.29, 0.717) is 31.9 Å². The minimum Gasteiger partial charge on any atom is -0.325 e. The normalized spacial score (nSPS) is 19.2. The Morgan fingerprint density at radius 1 is 0.886 bits per heavy atom. The van der Waals surface area contributed by atoms with Gasteiger partial charge in [0.05, 0.1) is 26.7 Å². The molecule has 1 fully saturated rings. The van der Waals surface area contributed by atoms with Crippen molar-refractivity contribution in [3.8, 4) is 0 Å². The first-order valence-corrected chi connectivity index (χ1v) is 16.7. The van der Waals surface area contributed by atoms with Gasteiger partial charge in [-0.3, -0.25) is 23.7 Å². The largest absolute Gasteiger partial charge is 0.325 e. The van der Waals surface area contributed by atoms with E-state index in [0.717, 1.165) is 38.3 Å². The lowest BCUT2D eigenvalue weighted by atomic mass is 9.83. The zero-order valence-corrected chi connectivity index (χ0v) is 27.2. The number of thioether (sulfide) groups is 1. The van der Waals surface area contributed by atoms with Gasteiger partial charge in [-0.15, -0.1) is 0 Å². The predicted molar refractivity (Wildman–Crippen MR) is 179 cm³/mol. The zero-order chi connectivity index (χ0) is 30.7. The Morgan fingerprint density at radius 3 is 2.41 bits per heavy atom. The van der Waals surface area contributed by atoms with E-state index in [-0.39, 0.29) is 22.3 Å². The van der Waals surface area contributed by atoms with Crippen molar-refractivity contribution in [3.63, 3.8) is 0 Å². The summed E-state index contributed by atoms with van der Waals surface area (Å²) in [4.78, 5) is 56.1. The van der Waals surface area contributed by atoms with Crippen molar-refractivity contribution in [2.45, 2.75) is 22.7 Å². The second kappa shape index (κ2) is 11.5. The van der Waals surface area contributed by atoms with Gasteiger partial charge in [0.2, 0.25) is 17.7 Å². The van der Waals surface area contributed by atoms with E-state index in [1.807, 2.05) is 42.5 Å². The number of rotatable bonds is 5. The molecule has 4 aromatic carbocycles. The first kappa shape index (κ1) is 29.3. The van der Waals surface area contributed by atoms with E-state index in [2.05, 4.69) is 21.2 Å². The molecule has 0 aliphatic carbocycles. The number of hydrogen-bond donors (Lipinski definition) is 1. The fourth-order valence-electron chi connectivity index (χ4n) is 5.81. The third-order valence-corrected chi connectivity index (χ3v) is 11.8. The first-order valence-electron chi connectivity index (χ1n) is 13.5. The second-order valence-electron chi connectivity index (χ2n) is 10.4. The lowest BCUT2D eigenvalue weighted by Gasteiger charge is -2.31. The molecule has 0 spiro atoms. The molecule has 7 rings (SSSR count). The molecule has 0 bridgehead atoms. The quantitative estimate of drug-likeness (QED) is 0.189. The zero-order valence-electron chi connectivity index (χ0n) is 22.5. The Kier molecular flexibility index (Phi) is 7.66. The van der Waals surface area contributed by atoms with Crippen molar-refractivity contribution in [2.75, 3.05) is 10.2 Å². The van der Waals surface area contributed by atoms with Gasteiger partial charge in [-0.1, -0.05) is 105 Å². The summed E-state index contributed by atoms with van der Waals surface area (Å²) in [5.41, 5.74) is 1.59. The number of imide groups is 1. The number of aromatic nitrogens is 1. The highest BCUT2D eigenvalue weighted by molar-refractivity contribution is 9.10. The molecule has 1 aromatic heterocycles. The molecule has 2 unspecified atom stereocenters. The molecule has 1 saturated heterocycles. The summed E-state index contributed by atoms with van der Waals surface area (Å²) < 4.78 is 2.19. The van der Waals surface area contributed by atoms with E-state index in [1.165, 1.54) is 9.47 Å². The van der Waals surface area contributed by atoms with Gasteiger partial charge in [-0.2, -0.15) is 0 Å². The molecule has 7 nitrogen and oxygen atoms in total.